The highest BCUT2D eigenvalue weighted by molar-refractivity contribution is 5.95. The van der Waals surface area contributed by atoms with E-state index in [0.29, 0.717) is 29.6 Å². The van der Waals surface area contributed by atoms with Gasteiger partial charge in [0.1, 0.15) is 0 Å². The van der Waals surface area contributed by atoms with Crippen molar-refractivity contribution in [3.8, 4) is 33.4 Å². The van der Waals surface area contributed by atoms with Gasteiger partial charge >= 0.3 is 0 Å². The molecule has 4 bridgehead atoms. The summed E-state index contributed by atoms with van der Waals surface area (Å²) in [7, 11) is 0. The first-order valence-electron chi connectivity index (χ1n) is 40.5. The molecule has 12 aromatic carbocycles. The summed E-state index contributed by atoms with van der Waals surface area (Å²) in [5, 5.41) is 2.74. The lowest BCUT2D eigenvalue weighted by molar-refractivity contribution is 0.0488. The summed E-state index contributed by atoms with van der Waals surface area (Å²) in [6, 6.07) is 104. The topological polar surface area (TPSA) is 6.48 Å². The molecular formula is C104H102N2. The maximum Gasteiger partial charge on any atom is 0.0540 e. The molecule has 5 fully saturated rings. The highest BCUT2D eigenvalue weighted by Crippen LogP contribution is 2.70. The molecular weight excluding hydrogens is 1280 g/mol. The molecule has 0 aromatic heterocycles. The minimum atomic E-state index is -0.290. The van der Waals surface area contributed by atoms with Crippen molar-refractivity contribution < 1.29 is 0 Å². The van der Waals surface area contributed by atoms with Gasteiger partial charge in [0.25, 0.3) is 0 Å². The number of benzene rings is 12. The molecule has 2 nitrogen and oxygen atoms in total. The molecule has 12 aromatic rings. The largest absolute Gasteiger partial charge is 0.310 e. The van der Waals surface area contributed by atoms with Crippen molar-refractivity contribution in [1.29, 1.82) is 0 Å². The Morgan fingerprint density at radius 3 is 1.39 bits per heavy atom. The summed E-state index contributed by atoms with van der Waals surface area (Å²) in [5.41, 5.74) is 33.4. The van der Waals surface area contributed by atoms with Crippen LogP contribution in [0.2, 0.25) is 0 Å². The fraction of sp³-hybridized carbons (Fsp3) is 0.327. The fourth-order valence-electron chi connectivity index (χ4n) is 25.3. The minimum absolute atomic E-state index is 0.0217. The van der Waals surface area contributed by atoms with Gasteiger partial charge in [0.15, 0.2) is 0 Å². The van der Waals surface area contributed by atoms with Gasteiger partial charge in [0.2, 0.25) is 0 Å². The molecule has 21 rings (SSSR count). The molecule has 9 aliphatic rings. The molecule has 0 radical (unpaired) electrons. The molecule has 5 saturated carbocycles. The molecule has 0 heterocycles. The molecule has 0 N–H and O–H groups in total. The van der Waals surface area contributed by atoms with Crippen LogP contribution in [0.25, 0.3) is 44.2 Å². The second-order valence-corrected chi connectivity index (χ2v) is 36.5. The third kappa shape index (κ3) is 9.09. The second-order valence-electron chi connectivity index (χ2n) is 36.5. The molecule has 0 amide bonds. The second kappa shape index (κ2) is 23.5. The van der Waals surface area contributed by atoms with Crippen LogP contribution in [0.3, 0.4) is 0 Å². The van der Waals surface area contributed by atoms with E-state index in [4.69, 9.17) is 0 Å². The standard InChI is InChI=1S/C104H102N2/c1-12-69-58-72-56-66(3)63-102(69,64-103(72)89-40-23-21-38-87(89)100(8,9)95-62-77(47-52-90(95)103)106(97-43-25-18-33-79(97)67-28-14-13-15-29-67)76-46-51-83-81-35-17-20-37-85(81)99(6,7)94(83)60-76)86-42-26-30-68-57-73(44-49-78(68)86)105(74-45-50-82-80-34-16-19-36-84(80)98(4,5)93(82)59-74)75-48-53-92-96(61-75)101(10,11)88-39-22-24-41-91(88)104(92)70-31-27-32-71(104)55-65(2)54-70/h13-26,28-30,33-53,57,59-62,65-66,69-72H,12,27,31-32,54-56,58,63-64H2,1-11H3/t65-,66-,69+,70-,71+,72+,102?,103?,104?/m0/s1. The van der Waals surface area contributed by atoms with E-state index in [2.05, 4.69) is 347 Å². The lowest BCUT2D eigenvalue weighted by atomic mass is 9.43. The molecule has 9 atom stereocenters. The van der Waals surface area contributed by atoms with Crippen LogP contribution in [0, 0.1) is 35.5 Å². The summed E-state index contributed by atoms with van der Waals surface area (Å²) in [6.07, 6.45) is 12.4. The van der Waals surface area contributed by atoms with E-state index in [-0.39, 0.29) is 37.9 Å². The highest BCUT2D eigenvalue weighted by Gasteiger charge is 2.63. The van der Waals surface area contributed by atoms with E-state index in [9.17, 15) is 0 Å². The summed E-state index contributed by atoms with van der Waals surface area (Å²) >= 11 is 0. The molecule has 106 heavy (non-hydrogen) atoms. The molecule has 0 saturated heterocycles. The average molecular weight is 1380 g/mol. The number of hydrogen-bond acceptors (Lipinski definition) is 2. The molecule has 2 spiro atoms. The fourth-order valence-corrected chi connectivity index (χ4v) is 25.3. The van der Waals surface area contributed by atoms with E-state index in [1.807, 2.05) is 0 Å². The van der Waals surface area contributed by atoms with Crippen molar-refractivity contribution in [2.24, 2.45) is 35.5 Å². The summed E-state index contributed by atoms with van der Waals surface area (Å²) in [6.45, 7) is 27.6. The zero-order valence-electron chi connectivity index (χ0n) is 64.3. The van der Waals surface area contributed by atoms with Crippen LogP contribution < -0.4 is 9.80 Å². The van der Waals surface area contributed by atoms with Crippen LogP contribution in [-0.2, 0) is 37.9 Å². The van der Waals surface area contributed by atoms with Crippen LogP contribution in [-0.4, -0.2) is 0 Å². The maximum absolute atomic E-state index is 2.68. The van der Waals surface area contributed by atoms with E-state index in [0.717, 1.165) is 18.8 Å². The van der Waals surface area contributed by atoms with Crippen LogP contribution in [0.15, 0.2) is 261 Å². The Bertz CT molecular complexity index is 5570. The van der Waals surface area contributed by atoms with Gasteiger partial charge in [-0.2, -0.15) is 0 Å². The van der Waals surface area contributed by atoms with Crippen molar-refractivity contribution in [1.82, 2.24) is 0 Å². The third-order valence-electron chi connectivity index (χ3n) is 29.8. The Morgan fingerprint density at radius 1 is 0.330 bits per heavy atom. The zero-order chi connectivity index (χ0) is 72.2. The smallest absolute Gasteiger partial charge is 0.0540 e. The van der Waals surface area contributed by atoms with Crippen LogP contribution in [0.1, 0.15) is 213 Å². The third-order valence-corrected chi connectivity index (χ3v) is 29.8. The first-order chi connectivity index (χ1) is 51.3. The quantitative estimate of drug-likeness (QED) is 0.142. The number of rotatable bonds is 9. The Balaban J connectivity index is 0.756. The van der Waals surface area contributed by atoms with E-state index in [1.165, 1.54) is 174 Å². The Kier molecular flexibility index (Phi) is 14.6. The number of nitrogens with zero attached hydrogens (tertiary/aromatic N) is 2. The lowest BCUT2D eigenvalue weighted by Crippen LogP contribution is -2.54. The van der Waals surface area contributed by atoms with Gasteiger partial charge in [-0.1, -0.05) is 283 Å². The monoisotopic (exact) mass is 1380 g/mol. The van der Waals surface area contributed by atoms with Gasteiger partial charge in [0, 0.05) is 71.9 Å². The van der Waals surface area contributed by atoms with Crippen LogP contribution in [0.4, 0.5) is 34.1 Å². The summed E-state index contributed by atoms with van der Waals surface area (Å²) in [4.78, 5) is 5.27. The SMILES string of the molecule is CC[C@@H]1C[C@H]2C[C@H](C)CC1(c1cccc3cc(N(c4ccc5c(c4)C(C)(C)c4ccccc4-5)c4ccc5c(c4)C(C)(C)c4ccccc4C54[C@@H]5CCC[C@H]4C[C@H](C)C5)ccc13)CC21c2ccccc2C(C)(C)c2cc(N(c3ccc4c(c3)C(C)(C)c3ccccc3-4)c3ccccc3-c3ccccc3)ccc21. The highest BCUT2D eigenvalue weighted by atomic mass is 15.2. The van der Waals surface area contributed by atoms with Crippen molar-refractivity contribution >= 4 is 44.9 Å². The predicted octanol–water partition coefficient (Wildman–Crippen LogP) is 27.6. The number of para-hydroxylation sites is 1. The normalized spacial score (nSPS) is 25.8. The van der Waals surface area contributed by atoms with Crippen molar-refractivity contribution in [3.63, 3.8) is 0 Å². The Morgan fingerprint density at radius 2 is 0.764 bits per heavy atom. The van der Waals surface area contributed by atoms with Gasteiger partial charge in [-0.3, -0.25) is 0 Å². The van der Waals surface area contributed by atoms with Gasteiger partial charge in [-0.05, 0) is 265 Å². The van der Waals surface area contributed by atoms with Crippen LogP contribution >= 0.6 is 0 Å². The van der Waals surface area contributed by atoms with Crippen LogP contribution in [0.5, 0.6) is 0 Å². The average Bonchev–Trinajstić information content (AvgIpc) is 1.07. The first-order valence-corrected chi connectivity index (χ1v) is 40.5. The zero-order valence-corrected chi connectivity index (χ0v) is 64.3. The van der Waals surface area contributed by atoms with Crippen molar-refractivity contribution in [2.45, 2.75) is 178 Å². The van der Waals surface area contributed by atoms with Gasteiger partial charge in [-0.25, -0.2) is 0 Å². The maximum atomic E-state index is 2.68. The van der Waals surface area contributed by atoms with Gasteiger partial charge in [0.05, 0.1) is 5.69 Å². The molecule has 9 aliphatic carbocycles. The van der Waals surface area contributed by atoms with E-state index < -0.39 is 0 Å². The van der Waals surface area contributed by atoms with E-state index >= 15 is 0 Å². The van der Waals surface area contributed by atoms with E-state index in [1.54, 1.807) is 27.8 Å². The summed E-state index contributed by atoms with van der Waals surface area (Å²) in [5.74, 6) is 3.53. The van der Waals surface area contributed by atoms with Crippen molar-refractivity contribution in [2.75, 3.05) is 9.80 Å². The first kappa shape index (κ1) is 66.0. The number of hydrogen-bond donors (Lipinski definition) is 0. The molecule has 0 aliphatic heterocycles. The number of fused-ring (bicyclic) bond motifs is 14. The molecule has 2 heteroatoms. The Labute approximate surface area is 631 Å². The minimum Gasteiger partial charge on any atom is -0.310 e. The molecule has 3 unspecified atom stereocenters. The van der Waals surface area contributed by atoms with Gasteiger partial charge < -0.3 is 9.80 Å². The number of anilines is 6. The lowest BCUT2D eigenvalue weighted by Gasteiger charge is -2.60. The van der Waals surface area contributed by atoms with Gasteiger partial charge in [-0.15, -0.1) is 0 Å². The van der Waals surface area contributed by atoms with Crippen molar-refractivity contribution in [3.05, 3.63) is 333 Å². The predicted molar refractivity (Wildman–Crippen MR) is 445 cm³/mol. The molecule has 528 valence electrons. The summed E-state index contributed by atoms with van der Waals surface area (Å²) < 4.78 is 0. The Hall–Kier alpha value is -9.50.